The molecule has 2 aromatic rings. The van der Waals surface area contributed by atoms with Gasteiger partial charge in [0.2, 0.25) is 0 Å². The maximum absolute atomic E-state index is 15.1. The molecule has 2 atom stereocenters. The van der Waals surface area contributed by atoms with E-state index in [1.165, 1.54) is 6.08 Å². The Morgan fingerprint density at radius 2 is 1.91 bits per heavy atom. The molecule has 32 heavy (non-hydrogen) atoms. The highest BCUT2D eigenvalue weighted by atomic mass is 19.1. The predicted octanol–water partition coefficient (Wildman–Crippen LogP) is 4.81. The number of fused-ring (bicyclic) bond motifs is 2. The van der Waals surface area contributed by atoms with Crippen LogP contribution in [0.4, 0.5) is 10.1 Å². The lowest BCUT2D eigenvalue weighted by Gasteiger charge is -2.34. The van der Waals surface area contributed by atoms with Gasteiger partial charge in [0.1, 0.15) is 11.4 Å². The molecule has 0 N–H and O–H groups in total. The minimum absolute atomic E-state index is 0.146. The van der Waals surface area contributed by atoms with Crippen LogP contribution in [0.15, 0.2) is 56.4 Å². The Morgan fingerprint density at radius 1 is 1.09 bits per heavy atom. The Labute approximate surface area is 187 Å². The molecule has 168 valence electrons. The van der Waals surface area contributed by atoms with E-state index in [2.05, 4.69) is 27.9 Å². The Kier molecular flexibility index (Phi) is 5.72. The van der Waals surface area contributed by atoms with Crippen molar-refractivity contribution in [2.45, 2.75) is 38.6 Å². The molecular formula is C26H30FN3O2. The summed E-state index contributed by atoms with van der Waals surface area (Å²) in [4.78, 5) is 22.1. The van der Waals surface area contributed by atoms with E-state index >= 15 is 4.39 Å². The van der Waals surface area contributed by atoms with Crippen LogP contribution in [0.3, 0.4) is 0 Å². The van der Waals surface area contributed by atoms with E-state index in [0.717, 1.165) is 62.9 Å². The van der Waals surface area contributed by atoms with Crippen molar-refractivity contribution in [3.05, 3.63) is 58.2 Å². The number of likely N-dealkylation sites (N-methyl/N-ethyl adjacent to an activating group) is 1. The SMILES string of the molecule is CC1CCC2CCC=C(c3cc4ccc(N5CCN(C)CC5)cc4oc3=O)C=C(F)C2=N1. The van der Waals surface area contributed by atoms with Gasteiger partial charge in [-0.15, -0.1) is 0 Å². The molecule has 5 rings (SSSR count). The van der Waals surface area contributed by atoms with Crippen LogP contribution in [0.2, 0.25) is 0 Å². The number of anilines is 1. The standard InChI is InChI=1S/C26H30FN3O2/c1-17-6-7-18-4-3-5-19(15-23(27)25(18)28-17)22-14-20-8-9-21(16-24(20)32-26(22)31)30-12-10-29(2)11-13-30/h5,8-9,14-18H,3-4,6-7,10-13H2,1-2H3. The lowest BCUT2D eigenvalue weighted by Crippen LogP contribution is -2.44. The zero-order chi connectivity index (χ0) is 22.2. The van der Waals surface area contributed by atoms with Gasteiger partial charge < -0.3 is 14.2 Å². The van der Waals surface area contributed by atoms with Crippen LogP contribution in [-0.2, 0) is 0 Å². The van der Waals surface area contributed by atoms with Crippen molar-refractivity contribution in [1.82, 2.24) is 4.90 Å². The highest BCUT2D eigenvalue weighted by molar-refractivity contribution is 6.03. The summed E-state index contributed by atoms with van der Waals surface area (Å²) < 4.78 is 20.9. The Hall–Kier alpha value is -2.73. The van der Waals surface area contributed by atoms with Crippen molar-refractivity contribution in [3.63, 3.8) is 0 Å². The number of hydrogen-bond donors (Lipinski definition) is 0. The minimum atomic E-state index is -0.431. The zero-order valence-electron chi connectivity index (χ0n) is 18.8. The van der Waals surface area contributed by atoms with Gasteiger partial charge in [0.15, 0.2) is 0 Å². The summed E-state index contributed by atoms with van der Waals surface area (Å²) in [7, 11) is 2.13. The number of piperazine rings is 1. The average Bonchev–Trinajstić information content (AvgIpc) is 2.78. The molecule has 1 aromatic heterocycles. The molecule has 0 amide bonds. The van der Waals surface area contributed by atoms with Gasteiger partial charge in [0.05, 0.1) is 11.3 Å². The number of aliphatic imine (C=N–C) groups is 1. The number of allylic oxidation sites excluding steroid dienone is 4. The first-order valence-electron chi connectivity index (χ1n) is 11.6. The van der Waals surface area contributed by atoms with Crippen LogP contribution in [0.25, 0.3) is 16.5 Å². The van der Waals surface area contributed by atoms with Crippen LogP contribution in [0, 0.1) is 5.92 Å². The summed E-state index contributed by atoms with van der Waals surface area (Å²) in [5.41, 5.74) is 2.75. The topological polar surface area (TPSA) is 49.0 Å². The van der Waals surface area contributed by atoms with Crippen LogP contribution in [0.1, 0.15) is 38.2 Å². The Morgan fingerprint density at radius 3 is 2.72 bits per heavy atom. The maximum atomic E-state index is 15.1. The third-order valence-corrected chi connectivity index (χ3v) is 6.98. The molecule has 0 spiro atoms. The summed E-state index contributed by atoms with van der Waals surface area (Å²) in [5, 5.41) is 0.843. The molecule has 2 aliphatic heterocycles. The second-order valence-electron chi connectivity index (χ2n) is 9.33. The first kappa shape index (κ1) is 21.1. The van der Waals surface area contributed by atoms with Gasteiger partial charge in [-0.1, -0.05) is 6.08 Å². The van der Waals surface area contributed by atoms with Crippen molar-refractivity contribution < 1.29 is 8.81 Å². The molecule has 5 nitrogen and oxygen atoms in total. The Balaban J connectivity index is 1.48. The smallest absolute Gasteiger partial charge is 0.344 e. The zero-order valence-corrected chi connectivity index (χ0v) is 18.8. The third-order valence-electron chi connectivity index (χ3n) is 6.98. The second kappa shape index (κ2) is 8.66. The molecule has 1 saturated heterocycles. The first-order chi connectivity index (χ1) is 15.5. The summed E-state index contributed by atoms with van der Waals surface area (Å²) in [6.45, 7) is 5.95. The molecule has 0 radical (unpaired) electrons. The Bertz CT molecular complexity index is 1170. The number of nitrogens with zero attached hydrogens (tertiary/aromatic N) is 3. The average molecular weight is 436 g/mol. The monoisotopic (exact) mass is 435 g/mol. The van der Waals surface area contributed by atoms with Gasteiger partial charge >= 0.3 is 5.63 Å². The van der Waals surface area contributed by atoms with Gasteiger partial charge in [-0.3, -0.25) is 4.99 Å². The molecule has 1 fully saturated rings. The van der Waals surface area contributed by atoms with Crippen molar-refractivity contribution in [2.24, 2.45) is 10.9 Å². The van der Waals surface area contributed by atoms with Gasteiger partial charge in [-0.2, -0.15) is 0 Å². The van der Waals surface area contributed by atoms with Gasteiger partial charge in [0, 0.05) is 55.3 Å². The van der Waals surface area contributed by atoms with Crippen LogP contribution in [-0.4, -0.2) is 49.9 Å². The molecule has 3 heterocycles. The lowest BCUT2D eigenvalue weighted by atomic mass is 9.85. The molecule has 0 saturated carbocycles. The largest absolute Gasteiger partial charge is 0.422 e. The fourth-order valence-electron chi connectivity index (χ4n) is 4.98. The fraction of sp³-hybridized carbons (Fsp3) is 0.462. The van der Waals surface area contributed by atoms with Crippen molar-refractivity contribution in [2.75, 3.05) is 38.1 Å². The molecule has 3 aliphatic rings. The molecule has 6 heteroatoms. The van der Waals surface area contributed by atoms with E-state index in [1.807, 2.05) is 31.2 Å². The summed E-state index contributed by atoms with van der Waals surface area (Å²) >= 11 is 0. The second-order valence-corrected chi connectivity index (χ2v) is 9.33. The van der Waals surface area contributed by atoms with E-state index in [9.17, 15) is 4.79 Å². The summed E-state index contributed by atoms with van der Waals surface area (Å²) in [6.07, 6.45) is 7.05. The van der Waals surface area contributed by atoms with Gasteiger partial charge in [-0.05, 0) is 69.5 Å². The van der Waals surface area contributed by atoms with Gasteiger partial charge in [-0.25, -0.2) is 9.18 Å². The van der Waals surface area contributed by atoms with E-state index in [4.69, 9.17) is 4.42 Å². The van der Waals surface area contributed by atoms with E-state index in [0.29, 0.717) is 22.4 Å². The minimum Gasteiger partial charge on any atom is -0.422 e. The van der Waals surface area contributed by atoms with Crippen molar-refractivity contribution >= 4 is 27.9 Å². The molecule has 1 aliphatic carbocycles. The van der Waals surface area contributed by atoms with Crippen LogP contribution in [0.5, 0.6) is 0 Å². The highest BCUT2D eigenvalue weighted by Gasteiger charge is 2.27. The number of rotatable bonds is 2. The van der Waals surface area contributed by atoms with Gasteiger partial charge in [0.25, 0.3) is 0 Å². The molecule has 0 bridgehead atoms. The van der Waals surface area contributed by atoms with E-state index in [-0.39, 0.29) is 17.8 Å². The highest BCUT2D eigenvalue weighted by Crippen LogP contribution is 2.32. The maximum Gasteiger partial charge on any atom is 0.344 e. The summed E-state index contributed by atoms with van der Waals surface area (Å²) in [5.74, 6) is -0.154. The van der Waals surface area contributed by atoms with E-state index in [1.54, 1.807) is 0 Å². The quantitative estimate of drug-likeness (QED) is 0.635. The molecule has 1 aromatic carbocycles. The summed E-state index contributed by atoms with van der Waals surface area (Å²) in [6, 6.07) is 7.98. The van der Waals surface area contributed by atoms with Crippen molar-refractivity contribution in [1.29, 1.82) is 0 Å². The number of halogens is 1. The van der Waals surface area contributed by atoms with Crippen molar-refractivity contribution in [3.8, 4) is 0 Å². The van der Waals surface area contributed by atoms with Crippen LogP contribution >= 0.6 is 0 Å². The first-order valence-corrected chi connectivity index (χ1v) is 11.6. The lowest BCUT2D eigenvalue weighted by molar-refractivity contribution is 0.313. The van der Waals surface area contributed by atoms with Crippen LogP contribution < -0.4 is 10.5 Å². The number of benzene rings is 1. The normalized spacial score (nSPS) is 24.8. The molecule has 2 unspecified atom stereocenters. The number of hydrogen-bond acceptors (Lipinski definition) is 5. The fourth-order valence-corrected chi connectivity index (χ4v) is 4.98. The molecular weight excluding hydrogens is 405 g/mol. The third kappa shape index (κ3) is 4.16. The van der Waals surface area contributed by atoms with E-state index < -0.39 is 5.63 Å². The predicted molar refractivity (Wildman–Crippen MR) is 128 cm³/mol.